The van der Waals surface area contributed by atoms with Crippen LogP contribution in [0, 0.1) is 5.82 Å². The molecule has 2 atom stereocenters. The summed E-state index contributed by atoms with van der Waals surface area (Å²) in [4.78, 5) is 11.7. The number of para-hydroxylation sites is 1. The number of thioether (sulfide) groups is 1. The zero-order valence-corrected chi connectivity index (χ0v) is 11.8. The van der Waals surface area contributed by atoms with Crippen molar-refractivity contribution in [2.75, 3.05) is 18.1 Å². The topological polar surface area (TPSA) is 41.1 Å². The highest BCUT2D eigenvalue weighted by Gasteiger charge is 2.23. The zero-order chi connectivity index (χ0) is 13.7. The van der Waals surface area contributed by atoms with Crippen molar-refractivity contribution < 1.29 is 9.18 Å². The molecular weight excluding hydrogens is 263 g/mol. The Bertz CT molecular complexity index is 441. The van der Waals surface area contributed by atoms with Gasteiger partial charge in [-0.05, 0) is 37.7 Å². The molecule has 1 saturated carbocycles. The van der Waals surface area contributed by atoms with Crippen molar-refractivity contribution in [2.24, 2.45) is 0 Å². The predicted octanol–water partition coefficient (Wildman–Crippen LogP) is 2.64. The molecule has 0 heterocycles. The van der Waals surface area contributed by atoms with Crippen molar-refractivity contribution in [3.8, 4) is 0 Å². The van der Waals surface area contributed by atoms with Gasteiger partial charge in [0.2, 0.25) is 5.91 Å². The average Bonchev–Trinajstić information content (AvgIpc) is 2.87. The van der Waals surface area contributed by atoms with Crippen LogP contribution in [0.25, 0.3) is 0 Å². The van der Waals surface area contributed by atoms with E-state index in [0.29, 0.717) is 11.3 Å². The number of rotatable bonds is 5. The van der Waals surface area contributed by atoms with Gasteiger partial charge in [-0.15, -0.1) is 0 Å². The summed E-state index contributed by atoms with van der Waals surface area (Å²) < 4.78 is 13.4. The largest absolute Gasteiger partial charge is 0.322 e. The highest BCUT2D eigenvalue weighted by molar-refractivity contribution is 7.99. The number of anilines is 1. The Morgan fingerprint density at radius 3 is 2.89 bits per heavy atom. The third-order valence-corrected chi connectivity index (χ3v) is 4.51. The Morgan fingerprint density at radius 1 is 1.42 bits per heavy atom. The Kier molecular flexibility index (Phi) is 5.22. The smallest absolute Gasteiger partial charge is 0.238 e. The van der Waals surface area contributed by atoms with Crippen LogP contribution >= 0.6 is 11.8 Å². The molecule has 0 aliphatic heterocycles. The Balaban J connectivity index is 1.75. The molecule has 2 rings (SSSR count). The third-order valence-electron chi connectivity index (χ3n) is 3.42. The summed E-state index contributed by atoms with van der Waals surface area (Å²) in [5.74, 6) is -0.600. The van der Waals surface area contributed by atoms with E-state index >= 15 is 0 Å². The standard InChI is InChI=1S/C14H19FN2OS/c1-19-11-7-6-10(8-11)16-9-14(18)17-13-5-3-2-4-12(13)15/h2-5,10-11,16H,6-9H2,1H3,(H,17,18). The number of amides is 1. The molecule has 1 aromatic carbocycles. The minimum atomic E-state index is -0.404. The second-order valence-corrected chi connectivity index (χ2v) is 5.91. The summed E-state index contributed by atoms with van der Waals surface area (Å²) in [7, 11) is 0. The van der Waals surface area contributed by atoms with E-state index in [9.17, 15) is 9.18 Å². The molecule has 1 amide bonds. The summed E-state index contributed by atoms with van der Waals surface area (Å²) in [6.45, 7) is 0.236. The number of halogens is 1. The van der Waals surface area contributed by atoms with Gasteiger partial charge in [0, 0.05) is 11.3 Å². The van der Waals surface area contributed by atoms with Crippen LogP contribution in [-0.4, -0.2) is 30.0 Å². The van der Waals surface area contributed by atoms with Crippen LogP contribution < -0.4 is 10.6 Å². The van der Waals surface area contributed by atoms with Crippen LogP contribution in [0.4, 0.5) is 10.1 Å². The van der Waals surface area contributed by atoms with E-state index in [2.05, 4.69) is 16.9 Å². The van der Waals surface area contributed by atoms with E-state index < -0.39 is 5.82 Å². The van der Waals surface area contributed by atoms with Crippen molar-refractivity contribution in [3.05, 3.63) is 30.1 Å². The average molecular weight is 282 g/mol. The number of hydrogen-bond acceptors (Lipinski definition) is 3. The number of hydrogen-bond donors (Lipinski definition) is 2. The fourth-order valence-electron chi connectivity index (χ4n) is 2.33. The van der Waals surface area contributed by atoms with Crippen molar-refractivity contribution >= 4 is 23.4 Å². The van der Waals surface area contributed by atoms with Crippen molar-refractivity contribution in [1.82, 2.24) is 5.32 Å². The first-order chi connectivity index (χ1) is 9.19. The first-order valence-electron chi connectivity index (χ1n) is 6.49. The Hall–Kier alpha value is -1.07. The van der Waals surface area contributed by atoms with E-state index in [0.717, 1.165) is 12.8 Å². The molecule has 0 radical (unpaired) electrons. The van der Waals surface area contributed by atoms with Crippen LogP contribution in [0.5, 0.6) is 0 Å². The second kappa shape index (κ2) is 6.91. The molecule has 104 valence electrons. The lowest BCUT2D eigenvalue weighted by molar-refractivity contribution is -0.115. The minimum absolute atomic E-state index is 0.197. The lowest BCUT2D eigenvalue weighted by Gasteiger charge is -2.12. The van der Waals surface area contributed by atoms with E-state index in [1.807, 2.05) is 11.8 Å². The maximum absolute atomic E-state index is 13.4. The van der Waals surface area contributed by atoms with Gasteiger partial charge < -0.3 is 10.6 Å². The summed E-state index contributed by atoms with van der Waals surface area (Å²) in [5, 5.41) is 6.52. The normalized spacial score (nSPS) is 22.4. The van der Waals surface area contributed by atoms with E-state index in [4.69, 9.17) is 0 Å². The lowest BCUT2D eigenvalue weighted by atomic mass is 10.2. The van der Waals surface area contributed by atoms with Gasteiger partial charge in [-0.1, -0.05) is 12.1 Å². The van der Waals surface area contributed by atoms with Gasteiger partial charge in [-0.2, -0.15) is 11.8 Å². The van der Waals surface area contributed by atoms with Crippen molar-refractivity contribution in [2.45, 2.75) is 30.6 Å². The van der Waals surface area contributed by atoms with Gasteiger partial charge in [-0.25, -0.2) is 4.39 Å². The fourth-order valence-corrected chi connectivity index (χ4v) is 3.13. The van der Waals surface area contributed by atoms with Crippen LogP contribution in [0.15, 0.2) is 24.3 Å². The highest BCUT2D eigenvalue weighted by atomic mass is 32.2. The summed E-state index contributed by atoms with van der Waals surface area (Å²) in [6, 6.07) is 6.61. The predicted molar refractivity (Wildman–Crippen MR) is 78.0 cm³/mol. The Morgan fingerprint density at radius 2 is 2.21 bits per heavy atom. The molecule has 2 unspecified atom stereocenters. The first kappa shape index (κ1) is 14.3. The van der Waals surface area contributed by atoms with Gasteiger partial charge in [0.1, 0.15) is 5.82 Å². The van der Waals surface area contributed by atoms with Crippen molar-refractivity contribution in [3.63, 3.8) is 0 Å². The molecule has 19 heavy (non-hydrogen) atoms. The SMILES string of the molecule is CSC1CCC(NCC(=O)Nc2ccccc2F)C1. The van der Waals surface area contributed by atoms with Gasteiger partial charge in [0.25, 0.3) is 0 Å². The Labute approximate surface area is 117 Å². The molecule has 5 heteroatoms. The monoisotopic (exact) mass is 282 g/mol. The van der Waals surface area contributed by atoms with E-state index in [-0.39, 0.29) is 18.1 Å². The number of benzene rings is 1. The van der Waals surface area contributed by atoms with Gasteiger partial charge in [0.15, 0.2) is 0 Å². The number of nitrogens with one attached hydrogen (secondary N) is 2. The van der Waals surface area contributed by atoms with E-state index in [1.165, 1.54) is 12.5 Å². The molecule has 1 aliphatic rings. The molecule has 0 bridgehead atoms. The van der Waals surface area contributed by atoms with Gasteiger partial charge >= 0.3 is 0 Å². The molecule has 0 saturated heterocycles. The molecule has 3 nitrogen and oxygen atoms in total. The van der Waals surface area contributed by atoms with E-state index in [1.54, 1.807) is 18.2 Å². The molecule has 0 spiro atoms. The number of carbonyl (C=O) groups excluding carboxylic acids is 1. The first-order valence-corrected chi connectivity index (χ1v) is 7.78. The molecule has 2 N–H and O–H groups in total. The molecule has 1 fully saturated rings. The second-order valence-electron chi connectivity index (χ2n) is 4.78. The number of carbonyl (C=O) groups is 1. The highest BCUT2D eigenvalue weighted by Crippen LogP contribution is 2.27. The zero-order valence-electron chi connectivity index (χ0n) is 11.0. The third kappa shape index (κ3) is 4.21. The fraction of sp³-hybridized carbons (Fsp3) is 0.500. The quantitative estimate of drug-likeness (QED) is 0.872. The molecular formula is C14H19FN2OS. The van der Waals surface area contributed by atoms with Crippen LogP contribution in [0.3, 0.4) is 0 Å². The molecule has 1 aliphatic carbocycles. The summed E-state index contributed by atoms with van der Waals surface area (Å²) in [5.41, 5.74) is 0.239. The minimum Gasteiger partial charge on any atom is -0.322 e. The van der Waals surface area contributed by atoms with Crippen molar-refractivity contribution in [1.29, 1.82) is 0 Å². The van der Waals surface area contributed by atoms with Crippen LogP contribution in [0.1, 0.15) is 19.3 Å². The molecule has 0 aromatic heterocycles. The molecule has 1 aromatic rings. The summed E-state index contributed by atoms with van der Waals surface area (Å²) in [6.07, 6.45) is 5.54. The van der Waals surface area contributed by atoms with Gasteiger partial charge in [-0.3, -0.25) is 4.79 Å². The lowest BCUT2D eigenvalue weighted by Crippen LogP contribution is -2.35. The maximum atomic E-state index is 13.4. The van der Waals surface area contributed by atoms with Crippen LogP contribution in [0.2, 0.25) is 0 Å². The summed E-state index contributed by atoms with van der Waals surface area (Å²) >= 11 is 1.88. The maximum Gasteiger partial charge on any atom is 0.238 e. The van der Waals surface area contributed by atoms with Gasteiger partial charge in [0.05, 0.1) is 12.2 Å². The van der Waals surface area contributed by atoms with Crippen LogP contribution in [-0.2, 0) is 4.79 Å².